The highest BCUT2D eigenvalue weighted by Crippen LogP contribution is 2.24. The van der Waals surface area contributed by atoms with Gasteiger partial charge >= 0.3 is 0 Å². The zero-order chi connectivity index (χ0) is 25.0. The van der Waals surface area contributed by atoms with Gasteiger partial charge in [-0.25, -0.2) is 8.42 Å². The molecule has 1 heterocycles. The van der Waals surface area contributed by atoms with Crippen LogP contribution in [-0.2, 0) is 21.3 Å². The first-order chi connectivity index (χ1) is 16.7. The average Bonchev–Trinajstić information content (AvgIpc) is 2.86. The minimum absolute atomic E-state index is 0.0467. The van der Waals surface area contributed by atoms with Crippen molar-refractivity contribution in [2.24, 2.45) is 0 Å². The summed E-state index contributed by atoms with van der Waals surface area (Å²) < 4.78 is 34.2. The van der Waals surface area contributed by atoms with Gasteiger partial charge in [0, 0.05) is 37.9 Å². The van der Waals surface area contributed by atoms with Crippen molar-refractivity contribution < 1.29 is 17.9 Å². The number of anilines is 2. The molecule has 1 aliphatic heterocycles. The van der Waals surface area contributed by atoms with E-state index in [2.05, 4.69) is 15.7 Å². The molecular formula is C27H31N3O4S. The molecule has 184 valence electrons. The minimum Gasteiger partial charge on any atom is -0.378 e. The van der Waals surface area contributed by atoms with Gasteiger partial charge in [0.2, 0.25) is 0 Å². The molecular weight excluding hydrogens is 462 g/mol. The number of aryl methyl sites for hydroxylation is 2. The first-order valence-electron chi connectivity index (χ1n) is 11.6. The van der Waals surface area contributed by atoms with Crippen molar-refractivity contribution in [1.82, 2.24) is 4.90 Å². The molecule has 1 saturated heterocycles. The Labute approximate surface area is 207 Å². The Balaban J connectivity index is 1.52. The normalized spacial score (nSPS) is 14.0. The summed E-state index contributed by atoms with van der Waals surface area (Å²) in [6.45, 7) is 7.19. The molecule has 0 spiro atoms. The first kappa shape index (κ1) is 24.8. The number of morpholine rings is 1. The molecule has 3 aromatic carbocycles. The summed E-state index contributed by atoms with van der Waals surface area (Å²) in [6, 6.07) is 19.7. The molecule has 8 heteroatoms. The first-order valence-corrected chi connectivity index (χ1v) is 13.1. The SMILES string of the molecule is Cc1ccc(NS(=O)(=O)c2cccc(C(=O)N(C)Cc3ccccc3N3CCOCC3)c2)c(C)c1. The monoisotopic (exact) mass is 493 g/mol. The van der Waals surface area contributed by atoms with Crippen LogP contribution in [0.5, 0.6) is 0 Å². The lowest BCUT2D eigenvalue weighted by Crippen LogP contribution is -2.37. The van der Waals surface area contributed by atoms with Crippen LogP contribution >= 0.6 is 0 Å². The highest BCUT2D eigenvalue weighted by Gasteiger charge is 2.21. The maximum atomic E-state index is 13.2. The molecule has 0 saturated carbocycles. The Bertz CT molecular complexity index is 1320. The number of hydrogen-bond acceptors (Lipinski definition) is 5. The van der Waals surface area contributed by atoms with E-state index < -0.39 is 10.0 Å². The number of nitrogens with one attached hydrogen (secondary N) is 1. The fourth-order valence-corrected chi connectivity index (χ4v) is 5.41. The highest BCUT2D eigenvalue weighted by molar-refractivity contribution is 7.92. The van der Waals surface area contributed by atoms with E-state index in [-0.39, 0.29) is 10.8 Å². The maximum absolute atomic E-state index is 13.2. The predicted octanol–water partition coefficient (Wildman–Crippen LogP) is 4.21. The van der Waals surface area contributed by atoms with E-state index in [1.165, 1.54) is 12.1 Å². The molecule has 1 aliphatic rings. The van der Waals surface area contributed by atoms with E-state index >= 15 is 0 Å². The van der Waals surface area contributed by atoms with Gasteiger partial charge < -0.3 is 14.5 Å². The van der Waals surface area contributed by atoms with Gasteiger partial charge in [0.1, 0.15) is 0 Å². The third kappa shape index (κ3) is 5.83. The molecule has 0 radical (unpaired) electrons. The zero-order valence-electron chi connectivity index (χ0n) is 20.3. The van der Waals surface area contributed by atoms with Gasteiger partial charge in [-0.1, -0.05) is 42.0 Å². The smallest absolute Gasteiger partial charge is 0.261 e. The van der Waals surface area contributed by atoms with Gasteiger partial charge in [-0.05, 0) is 55.3 Å². The van der Waals surface area contributed by atoms with Gasteiger partial charge in [-0.3, -0.25) is 9.52 Å². The van der Waals surface area contributed by atoms with Gasteiger partial charge in [-0.15, -0.1) is 0 Å². The number of sulfonamides is 1. The van der Waals surface area contributed by atoms with Crippen LogP contribution in [-0.4, -0.2) is 52.6 Å². The van der Waals surface area contributed by atoms with Crippen molar-refractivity contribution in [2.45, 2.75) is 25.3 Å². The van der Waals surface area contributed by atoms with Crippen molar-refractivity contribution in [2.75, 3.05) is 43.0 Å². The average molecular weight is 494 g/mol. The van der Waals surface area contributed by atoms with Crippen molar-refractivity contribution in [1.29, 1.82) is 0 Å². The quantitative estimate of drug-likeness (QED) is 0.533. The molecule has 0 aliphatic carbocycles. The van der Waals surface area contributed by atoms with E-state index in [0.29, 0.717) is 31.0 Å². The second-order valence-electron chi connectivity index (χ2n) is 8.84. The lowest BCUT2D eigenvalue weighted by atomic mass is 10.1. The molecule has 1 amide bonds. The number of hydrogen-bond donors (Lipinski definition) is 1. The van der Waals surface area contributed by atoms with E-state index in [4.69, 9.17) is 4.74 Å². The Hall–Kier alpha value is -3.36. The summed E-state index contributed by atoms with van der Waals surface area (Å²) in [7, 11) is -2.12. The van der Waals surface area contributed by atoms with Crippen molar-refractivity contribution in [3.8, 4) is 0 Å². The van der Waals surface area contributed by atoms with Crippen LogP contribution in [0.1, 0.15) is 27.0 Å². The van der Waals surface area contributed by atoms with E-state index in [1.54, 1.807) is 30.1 Å². The van der Waals surface area contributed by atoms with E-state index in [0.717, 1.165) is 35.5 Å². The Kier molecular flexibility index (Phi) is 7.42. The third-order valence-electron chi connectivity index (χ3n) is 6.12. The van der Waals surface area contributed by atoms with Gasteiger partial charge in [0.15, 0.2) is 0 Å². The second kappa shape index (κ2) is 10.5. The number of nitrogens with zero attached hydrogens (tertiary/aromatic N) is 2. The second-order valence-corrected chi connectivity index (χ2v) is 10.5. The van der Waals surface area contributed by atoms with Gasteiger partial charge in [0.25, 0.3) is 15.9 Å². The van der Waals surface area contributed by atoms with Crippen LogP contribution in [0.2, 0.25) is 0 Å². The number of carbonyl (C=O) groups excluding carboxylic acids is 1. The molecule has 7 nitrogen and oxygen atoms in total. The molecule has 3 aromatic rings. The lowest BCUT2D eigenvalue weighted by Gasteiger charge is -2.31. The number of ether oxygens (including phenoxy) is 1. The summed E-state index contributed by atoms with van der Waals surface area (Å²) in [5.74, 6) is -0.245. The van der Waals surface area contributed by atoms with Crippen LogP contribution in [0, 0.1) is 13.8 Å². The number of carbonyl (C=O) groups is 1. The van der Waals surface area contributed by atoms with Crippen molar-refractivity contribution >= 4 is 27.3 Å². The molecule has 0 unspecified atom stereocenters. The topological polar surface area (TPSA) is 79.0 Å². The lowest BCUT2D eigenvalue weighted by molar-refractivity contribution is 0.0784. The molecule has 0 bridgehead atoms. The molecule has 1 fully saturated rings. The highest BCUT2D eigenvalue weighted by atomic mass is 32.2. The Morgan fingerprint density at radius 1 is 1.00 bits per heavy atom. The Morgan fingerprint density at radius 2 is 1.74 bits per heavy atom. The third-order valence-corrected chi connectivity index (χ3v) is 7.48. The summed E-state index contributed by atoms with van der Waals surface area (Å²) >= 11 is 0. The van der Waals surface area contributed by atoms with Crippen LogP contribution in [0.4, 0.5) is 11.4 Å². The van der Waals surface area contributed by atoms with Crippen molar-refractivity contribution in [3.05, 3.63) is 89.0 Å². The number of amides is 1. The fraction of sp³-hybridized carbons (Fsp3) is 0.296. The summed E-state index contributed by atoms with van der Waals surface area (Å²) in [5.41, 5.74) is 4.84. The zero-order valence-corrected chi connectivity index (χ0v) is 21.1. The maximum Gasteiger partial charge on any atom is 0.261 e. The minimum atomic E-state index is -3.85. The molecule has 4 rings (SSSR count). The summed E-state index contributed by atoms with van der Waals surface area (Å²) in [4.78, 5) is 17.2. The summed E-state index contributed by atoms with van der Waals surface area (Å²) in [5, 5.41) is 0. The largest absolute Gasteiger partial charge is 0.378 e. The predicted molar refractivity (Wildman–Crippen MR) is 138 cm³/mol. The van der Waals surface area contributed by atoms with Crippen LogP contribution in [0.3, 0.4) is 0 Å². The van der Waals surface area contributed by atoms with Gasteiger partial charge in [0.05, 0.1) is 23.8 Å². The van der Waals surface area contributed by atoms with Gasteiger partial charge in [-0.2, -0.15) is 0 Å². The van der Waals surface area contributed by atoms with E-state index in [9.17, 15) is 13.2 Å². The number of rotatable bonds is 7. The van der Waals surface area contributed by atoms with Crippen LogP contribution in [0.15, 0.2) is 71.6 Å². The molecule has 35 heavy (non-hydrogen) atoms. The van der Waals surface area contributed by atoms with Crippen LogP contribution < -0.4 is 9.62 Å². The standard InChI is InChI=1S/C27H31N3O4S/c1-20-11-12-25(21(2)17-20)28-35(32,33)24-9-6-8-22(18-24)27(31)29(3)19-23-7-4-5-10-26(23)30-13-15-34-16-14-30/h4-12,17-18,28H,13-16,19H2,1-3H3. The molecule has 0 atom stereocenters. The summed E-state index contributed by atoms with van der Waals surface area (Å²) in [6.07, 6.45) is 0. The fourth-order valence-electron chi connectivity index (χ4n) is 4.23. The van der Waals surface area contributed by atoms with E-state index in [1.807, 2.05) is 44.2 Å². The number of para-hydroxylation sites is 1. The molecule has 1 N–H and O–H groups in total. The molecule has 0 aromatic heterocycles. The van der Waals surface area contributed by atoms with Crippen molar-refractivity contribution in [3.63, 3.8) is 0 Å². The number of benzene rings is 3. The Morgan fingerprint density at radius 3 is 2.49 bits per heavy atom. The van der Waals surface area contributed by atoms with Crippen LogP contribution in [0.25, 0.3) is 0 Å².